The molecule has 2 heterocycles. The third kappa shape index (κ3) is 4.16. The van der Waals surface area contributed by atoms with E-state index in [1.54, 1.807) is 47.4 Å². The Kier molecular flexibility index (Phi) is 5.33. The van der Waals surface area contributed by atoms with Crippen molar-refractivity contribution in [1.29, 1.82) is 0 Å². The lowest BCUT2D eigenvalue weighted by Crippen LogP contribution is -2.36. The molecule has 3 amide bonds. The first-order valence-corrected chi connectivity index (χ1v) is 9.48. The molecule has 2 aromatic rings. The van der Waals surface area contributed by atoms with Crippen LogP contribution in [0.1, 0.15) is 28.8 Å². The summed E-state index contributed by atoms with van der Waals surface area (Å²) in [7, 11) is 0. The minimum Gasteiger partial charge on any atom is -0.454 e. The smallest absolute Gasteiger partial charge is 0.313 e. The summed E-state index contributed by atoms with van der Waals surface area (Å²) in [5, 5.41) is 5.12. The summed E-state index contributed by atoms with van der Waals surface area (Å²) in [5.41, 5.74) is 1.49. The number of hydrogen-bond donors (Lipinski definition) is 2. The number of carbonyl (C=O) groups excluding carboxylic acids is 3. The number of ether oxygens (including phenoxy) is 2. The Balaban J connectivity index is 1.37. The van der Waals surface area contributed by atoms with Gasteiger partial charge in [-0.05, 0) is 42.7 Å². The monoisotopic (exact) mass is 395 g/mol. The van der Waals surface area contributed by atoms with E-state index >= 15 is 0 Å². The molecule has 0 spiro atoms. The number of anilines is 1. The maximum atomic E-state index is 12.7. The van der Waals surface area contributed by atoms with Crippen LogP contribution >= 0.6 is 0 Å². The molecule has 2 aromatic carbocycles. The fourth-order valence-electron chi connectivity index (χ4n) is 3.36. The lowest BCUT2D eigenvalue weighted by atomic mass is 10.1. The molecule has 0 unspecified atom stereocenters. The zero-order valence-electron chi connectivity index (χ0n) is 15.8. The van der Waals surface area contributed by atoms with Crippen molar-refractivity contribution >= 4 is 23.4 Å². The van der Waals surface area contributed by atoms with Crippen LogP contribution < -0.4 is 20.1 Å². The van der Waals surface area contributed by atoms with Gasteiger partial charge < -0.3 is 25.0 Å². The molecule has 0 bridgehead atoms. The molecule has 0 atom stereocenters. The molecule has 29 heavy (non-hydrogen) atoms. The molecule has 1 fully saturated rings. The molecule has 2 N–H and O–H groups in total. The Hall–Kier alpha value is -3.55. The molecule has 0 aliphatic carbocycles. The van der Waals surface area contributed by atoms with Crippen molar-refractivity contribution < 1.29 is 23.9 Å². The van der Waals surface area contributed by atoms with Gasteiger partial charge in [0.2, 0.25) is 6.79 Å². The molecular weight excluding hydrogens is 374 g/mol. The molecule has 2 aliphatic rings. The van der Waals surface area contributed by atoms with Crippen molar-refractivity contribution in [2.24, 2.45) is 0 Å². The van der Waals surface area contributed by atoms with Crippen LogP contribution in [0.25, 0.3) is 0 Å². The van der Waals surface area contributed by atoms with Crippen molar-refractivity contribution in [3.63, 3.8) is 0 Å². The number of carbonyl (C=O) groups is 3. The Morgan fingerprint density at radius 2 is 1.69 bits per heavy atom. The lowest BCUT2D eigenvalue weighted by molar-refractivity contribution is -0.136. The van der Waals surface area contributed by atoms with E-state index in [9.17, 15) is 14.4 Å². The molecular formula is C21H21N3O5. The van der Waals surface area contributed by atoms with Crippen LogP contribution in [-0.4, -0.2) is 42.5 Å². The number of fused-ring (bicyclic) bond motifs is 1. The van der Waals surface area contributed by atoms with Crippen LogP contribution in [0.4, 0.5) is 5.69 Å². The van der Waals surface area contributed by atoms with Gasteiger partial charge in [-0.25, -0.2) is 0 Å². The highest BCUT2D eigenvalue weighted by molar-refractivity contribution is 6.40. The molecule has 0 radical (unpaired) electrons. The lowest BCUT2D eigenvalue weighted by Gasteiger charge is -2.17. The number of rotatable bonds is 4. The fraction of sp³-hybridized carbons (Fsp3) is 0.286. The van der Waals surface area contributed by atoms with Crippen LogP contribution in [0.5, 0.6) is 11.5 Å². The van der Waals surface area contributed by atoms with E-state index in [0.29, 0.717) is 35.8 Å². The molecule has 150 valence electrons. The number of likely N-dealkylation sites (tertiary alicyclic amines) is 1. The van der Waals surface area contributed by atoms with E-state index < -0.39 is 11.8 Å². The van der Waals surface area contributed by atoms with Crippen molar-refractivity contribution in [3.8, 4) is 11.5 Å². The standard InChI is InChI=1S/C21H21N3O5/c25-19(22-12-14-7-8-17-18(11-14)29-13-28-17)20(26)23-16-6-2-1-5-15(16)21(27)24-9-3-4-10-24/h1-2,5-8,11H,3-4,9-10,12-13H2,(H,22,25)(H,23,26). The molecule has 1 saturated heterocycles. The van der Waals surface area contributed by atoms with E-state index in [1.165, 1.54) is 0 Å². The summed E-state index contributed by atoms with van der Waals surface area (Å²) >= 11 is 0. The Morgan fingerprint density at radius 3 is 2.52 bits per heavy atom. The average Bonchev–Trinajstić information content (AvgIpc) is 3.43. The summed E-state index contributed by atoms with van der Waals surface area (Å²) in [6, 6.07) is 12.0. The fourth-order valence-corrected chi connectivity index (χ4v) is 3.36. The maximum absolute atomic E-state index is 12.7. The van der Waals surface area contributed by atoms with Gasteiger partial charge in [-0.3, -0.25) is 14.4 Å². The summed E-state index contributed by atoms with van der Waals surface area (Å²) in [5.74, 6) is -0.495. The number of para-hydroxylation sites is 1. The number of amides is 3. The van der Waals surface area contributed by atoms with Gasteiger partial charge >= 0.3 is 11.8 Å². The molecule has 0 aromatic heterocycles. The maximum Gasteiger partial charge on any atom is 0.313 e. The highest BCUT2D eigenvalue weighted by atomic mass is 16.7. The summed E-state index contributed by atoms with van der Waals surface area (Å²) in [6.45, 7) is 1.74. The zero-order chi connectivity index (χ0) is 20.2. The second kappa shape index (κ2) is 8.22. The van der Waals surface area contributed by atoms with Gasteiger partial charge in [0, 0.05) is 19.6 Å². The normalized spacial score (nSPS) is 14.6. The van der Waals surface area contributed by atoms with Crippen molar-refractivity contribution in [2.45, 2.75) is 19.4 Å². The van der Waals surface area contributed by atoms with E-state index in [2.05, 4.69) is 10.6 Å². The van der Waals surface area contributed by atoms with Gasteiger partial charge in [-0.1, -0.05) is 18.2 Å². The van der Waals surface area contributed by atoms with Crippen LogP contribution in [0.2, 0.25) is 0 Å². The average molecular weight is 395 g/mol. The number of nitrogens with zero attached hydrogens (tertiary/aromatic N) is 1. The van der Waals surface area contributed by atoms with Gasteiger partial charge in [0.05, 0.1) is 11.3 Å². The predicted octanol–water partition coefficient (Wildman–Crippen LogP) is 1.91. The zero-order valence-corrected chi connectivity index (χ0v) is 15.8. The molecule has 2 aliphatic heterocycles. The first-order valence-electron chi connectivity index (χ1n) is 9.48. The third-order valence-corrected chi connectivity index (χ3v) is 4.90. The quantitative estimate of drug-likeness (QED) is 0.771. The van der Waals surface area contributed by atoms with Gasteiger partial charge in [-0.15, -0.1) is 0 Å². The first kappa shape index (κ1) is 18.8. The van der Waals surface area contributed by atoms with Crippen LogP contribution in [0, 0.1) is 0 Å². The molecule has 0 saturated carbocycles. The third-order valence-electron chi connectivity index (χ3n) is 4.90. The Morgan fingerprint density at radius 1 is 0.931 bits per heavy atom. The van der Waals surface area contributed by atoms with E-state index in [1.807, 2.05) is 0 Å². The number of benzene rings is 2. The van der Waals surface area contributed by atoms with Crippen LogP contribution in [-0.2, 0) is 16.1 Å². The minimum absolute atomic E-state index is 0.140. The number of hydrogen-bond acceptors (Lipinski definition) is 5. The Labute approximate surface area is 167 Å². The van der Waals surface area contributed by atoms with Crippen molar-refractivity contribution in [1.82, 2.24) is 10.2 Å². The van der Waals surface area contributed by atoms with Crippen molar-refractivity contribution in [3.05, 3.63) is 53.6 Å². The molecule has 8 heteroatoms. The largest absolute Gasteiger partial charge is 0.454 e. The molecule has 4 rings (SSSR count). The highest BCUT2D eigenvalue weighted by Gasteiger charge is 2.23. The predicted molar refractivity (Wildman–Crippen MR) is 105 cm³/mol. The second-order valence-electron chi connectivity index (χ2n) is 6.87. The van der Waals surface area contributed by atoms with E-state index in [0.717, 1.165) is 18.4 Å². The van der Waals surface area contributed by atoms with Gasteiger partial charge in [0.15, 0.2) is 11.5 Å². The van der Waals surface area contributed by atoms with Crippen molar-refractivity contribution in [2.75, 3.05) is 25.2 Å². The summed E-state index contributed by atoms with van der Waals surface area (Å²) in [6.07, 6.45) is 1.95. The SMILES string of the molecule is O=C(NCc1ccc2c(c1)OCO2)C(=O)Nc1ccccc1C(=O)N1CCCC1. The summed E-state index contributed by atoms with van der Waals surface area (Å²) in [4.78, 5) is 39.0. The van der Waals surface area contributed by atoms with Gasteiger partial charge in [0.1, 0.15) is 0 Å². The topological polar surface area (TPSA) is 97.0 Å². The number of nitrogens with one attached hydrogen (secondary N) is 2. The van der Waals surface area contributed by atoms with Crippen LogP contribution in [0.3, 0.4) is 0 Å². The van der Waals surface area contributed by atoms with Gasteiger partial charge in [-0.2, -0.15) is 0 Å². The van der Waals surface area contributed by atoms with E-state index in [4.69, 9.17) is 9.47 Å². The molecule has 8 nitrogen and oxygen atoms in total. The highest BCUT2D eigenvalue weighted by Crippen LogP contribution is 2.32. The van der Waals surface area contributed by atoms with E-state index in [-0.39, 0.29) is 19.2 Å². The van der Waals surface area contributed by atoms with Crippen LogP contribution in [0.15, 0.2) is 42.5 Å². The second-order valence-corrected chi connectivity index (χ2v) is 6.87. The van der Waals surface area contributed by atoms with Gasteiger partial charge in [0.25, 0.3) is 5.91 Å². The summed E-state index contributed by atoms with van der Waals surface area (Å²) < 4.78 is 10.5. The minimum atomic E-state index is -0.826. The Bertz CT molecular complexity index is 953. The first-order chi connectivity index (χ1) is 14.1.